The molecule has 3 atom stereocenters. The standard InChI is InChI=1S/C20H29N3O2S/c1-12(26-18-8-6-17(7-9-18)22-13(2)24)20(25)23-19-14-4-3-5-15(19)11-16(21)10-14/h6-9,12,14-16,19H,3-5,10-11,21H2,1-2H3,(H,22,24)(H,23,25). The summed E-state index contributed by atoms with van der Waals surface area (Å²) in [6.07, 6.45) is 5.70. The number of hydrogen-bond acceptors (Lipinski definition) is 4. The van der Waals surface area contributed by atoms with E-state index in [1.165, 1.54) is 26.2 Å². The van der Waals surface area contributed by atoms with Gasteiger partial charge in [-0.05, 0) is 68.7 Å². The normalized spacial score (nSPS) is 28.9. The van der Waals surface area contributed by atoms with Crippen LogP contribution in [0.5, 0.6) is 0 Å². The first kappa shape index (κ1) is 19.2. The zero-order valence-electron chi connectivity index (χ0n) is 15.5. The van der Waals surface area contributed by atoms with Gasteiger partial charge >= 0.3 is 0 Å². The summed E-state index contributed by atoms with van der Waals surface area (Å²) >= 11 is 1.55. The predicted octanol–water partition coefficient (Wildman–Crippen LogP) is 3.15. The molecular weight excluding hydrogens is 346 g/mol. The Morgan fingerprint density at radius 2 is 1.77 bits per heavy atom. The van der Waals surface area contributed by atoms with E-state index < -0.39 is 0 Å². The lowest BCUT2D eigenvalue weighted by atomic mass is 9.67. The Kier molecular flexibility index (Phi) is 6.24. The molecule has 0 heterocycles. The second kappa shape index (κ2) is 8.44. The zero-order valence-corrected chi connectivity index (χ0v) is 16.4. The molecule has 26 heavy (non-hydrogen) atoms. The molecule has 1 aromatic carbocycles. The van der Waals surface area contributed by atoms with E-state index >= 15 is 0 Å². The molecule has 0 aliphatic heterocycles. The van der Waals surface area contributed by atoms with Crippen molar-refractivity contribution in [2.45, 2.75) is 68.2 Å². The number of benzene rings is 1. The first-order valence-electron chi connectivity index (χ1n) is 9.52. The fourth-order valence-electron chi connectivity index (χ4n) is 4.38. The molecule has 6 heteroatoms. The maximum absolute atomic E-state index is 12.7. The summed E-state index contributed by atoms with van der Waals surface area (Å²) in [7, 11) is 0. The summed E-state index contributed by atoms with van der Waals surface area (Å²) in [6, 6.07) is 8.19. The topological polar surface area (TPSA) is 84.2 Å². The Hall–Kier alpha value is -1.53. The largest absolute Gasteiger partial charge is 0.352 e. The van der Waals surface area contributed by atoms with Gasteiger partial charge in [0.15, 0.2) is 0 Å². The number of anilines is 1. The van der Waals surface area contributed by atoms with E-state index in [2.05, 4.69) is 10.6 Å². The number of amides is 2. The lowest BCUT2D eigenvalue weighted by molar-refractivity contribution is -0.122. The minimum absolute atomic E-state index is 0.0871. The number of hydrogen-bond donors (Lipinski definition) is 3. The number of nitrogens with one attached hydrogen (secondary N) is 2. The fourth-order valence-corrected chi connectivity index (χ4v) is 5.26. The highest BCUT2D eigenvalue weighted by atomic mass is 32.2. The SMILES string of the molecule is CC(=O)Nc1ccc(SC(C)C(=O)NC2C3CCCC2CC(N)C3)cc1. The average Bonchev–Trinajstić information content (AvgIpc) is 2.57. The first-order chi connectivity index (χ1) is 12.4. The van der Waals surface area contributed by atoms with Crippen LogP contribution in [-0.2, 0) is 9.59 Å². The highest BCUT2D eigenvalue weighted by Crippen LogP contribution is 2.40. The third-order valence-corrected chi connectivity index (χ3v) is 6.65. The average molecular weight is 376 g/mol. The smallest absolute Gasteiger partial charge is 0.233 e. The van der Waals surface area contributed by atoms with E-state index in [0.29, 0.717) is 23.9 Å². The number of fused-ring (bicyclic) bond motifs is 2. The van der Waals surface area contributed by atoms with Gasteiger partial charge in [-0.25, -0.2) is 0 Å². The number of carbonyl (C=O) groups excluding carboxylic acids is 2. The van der Waals surface area contributed by atoms with Gasteiger partial charge in [-0.1, -0.05) is 6.42 Å². The van der Waals surface area contributed by atoms with Crippen molar-refractivity contribution in [3.05, 3.63) is 24.3 Å². The van der Waals surface area contributed by atoms with Gasteiger partial charge in [0, 0.05) is 29.6 Å². The van der Waals surface area contributed by atoms with Crippen LogP contribution in [0.4, 0.5) is 5.69 Å². The van der Waals surface area contributed by atoms with Gasteiger partial charge in [0.2, 0.25) is 11.8 Å². The van der Waals surface area contributed by atoms with Crippen LogP contribution in [0.1, 0.15) is 46.0 Å². The van der Waals surface area contributed by atoms with Crippen molar-refractivity contribution in [3.63, 3.8) is 0 Å². The minimum atomic E-state index is -0.155. The van der Waals surface area contributed by atoms with E-state index in [9.17, 15) is 9.59 Å². The van der Waals surface area contributed by atoms with Gasteiger partial charge in [-0.3, -0.25) is 9.59 Å². The summed E-state index contributed by atoms with van der Waals surface area (Å²) in [6.45, 7) is 3.44. The van der Waals surface area contributed by atoms with Crippen molar-refractivity contribution in [3.8, 4) is 0 Å². The second-order valence-electron chi connectivity index (χ2n) is 7.68. The van der Waals surface area contributed by atoms with Crippen LogP contribution in [0.25, 0.3) is 0 Å². The molecule has 3 unspecified atom stereocenters. The minimum Gasteiger partial charge on any atom is -0.352 e. The van der Waals surface area contributed by atoms with Crippen molar-refractivity contribution in [2.75, 3.05) is 5.32 Å². The maximum Gasteiger partial charge on any atom is 0.233 e. The summed E-state index contributed by atoms with van der Waals surface area (Å²) in [5.74, 6) is 1.10. The highest BCUT2D eigenvalue weighted by molar-refractivity contribution is 8.00. The van der Waals surface area contributed by atoms with Crippen LogP contribution < -0.4 is 16.4 Å². The maximum atomic E-state index is 12.7. The van der Waals surface area contributed by atoms with Crippen molar-refractivity contribution in [2.24, 2.45) is 17.6 Å². The molecule has 3 rings (SSSR count). The van der Waals surface area contributed by atoms with Gasteiger partial charge in [-0.2, -0.15) is 0 Å². The molecule has 0 radical (unpaired) electrons. The van der Waals surface area contributed by atoms with Crippen LogP contribution in [-0.4, -0.2) is 29.1 Å². The van der Waals surface area contributed by atoms with E-state index in [1.807, 2.05) is 31.2 Å². The molecule has 2 fully saturated rings. The molecule has 0 spiro atoms. The van der Waals surface area contributed by atoms with Crippen LogP contribution in [0.2, 0.25) is 0 Å². The molecule has 142 valence electrons. The third kappa shape index (κ3) is 4.80. The van der Waals surface area contributed by atoms with E-state index in [-0.39, 0.29) is 17.1 Å². The van der Waals surface area contributed by atoms with Gasteiger partial charge in [-0.15, -0.1) is 11.8 Å². The fraction of sp³-hybridized carbons (Fsp3) is 0.600. The quantitative estimate of drug-likeness (QED) is 0.690. The summed E-state index contributed by atoms with van der Waals surface area (Å²) < 4.78 is 0. The molecule has 2 aliphatic carbocycles. The Balaban J connectivity index is 1.55. The molecule has 2 amide bonds. The highest BCUT2D eigenvalue weighted by Gasteiger charge is 2.40. The number of thioether (sulfide) groups is 1. The van der Waals surface area contributed by atoms with E-state index in [4.69, 9.17) is 5.73 Å². The lowest BCUT2D eigenvalue weighted by Gasteiger charge is -2.45. The van der Waals surface area contributed by atoms with Gasteiger partial charge in [0.1, 0.15) is 0 Å². The number of nitrogens with two attached hydrogens (primary N) is 1. The van der Waals surface area contributed by atoms with Gasteiger partial charge < -0.3 is 16.4 Å². The zero-order chi connectivity index (χ0) is 18.7. The molecule has 4 N–H and O–H groups in total. The van der Waals surface area contributed by atoms with Crippen LogP contribution in [0.3, 0.4) is 0 Å². The number of rotatable bonds is 5. The molecule has 1 aromatic rings. The third-order valence-electron chi connectivity index (χ3n) is 5.54. The van der Waals surface area contributed by atoms with Crippen molar-refractivity contribution in [1.29, 1.82) is 0 Å². The van der Waals surface area contributed by atoms with Crippen LogP contribution >= 0.6 is 11.8 Å². The molecule has 0 saturated heterocycles. The molecule has 5 nitrogen and oxygen atoms in total. The Bertz CT molecular complexity index is 635. The number of carbonyl (C=O) groups is 2. The summed E-state index contributed by atoms with van der Waals surface area (Å²) in [5, 5.41) is 5.92. The van der Waals surface area contributed by atoms with Crippen LogP contribution in [0, 0.1) is 11.8 Å². The molecule has 2 aliphatic rings. The lowest BCUT2D eigenvalue weighted by Crippen LogP contribution is -2.54. The predicted molar refractivity (Wildman–Crippen MR) is 106 cm³/mol. The van der Waals surface area contributed by atoms with Crippen LogP contribution in [0.15, 0.2) is 29.2 Å². The first-order valence-corrected chi connectivity index (χ1v) is 10.4. The molecule has 2 saturated carbocycles. The summed E-state index contributed by atoms with van der Waals surface area (Å²) in [5.41, 5.74) is 6.95. The Labute approximate surface area is 159 Å². The summed E-state index contributed by atoms with van der Waals surface area (Å²) in [4.78, 5) is 24.8. The second-order valence-corrected chi connectivity index (χ2v) is 9.10. The Morgan fingerprint density at radius 3 is 2.35 bits per heavy atom. The Morgan fingerprint density at radius 1 is 1.15 bits per heavy atom. The monoisotopic (exact) mass is 375 g/mol. The molecule has 2 bridgehead atoms. The van der Waals surface area contributed by atoms with Crippen molar-refractivity contribution >= 4 is 29.3 Å². The molecule has 0 aromatic heterocycles. The van der Waals surface area contributed by atoms with E-state index in [0.717, 1.165) is 23.4 Å². The molecular formula is C20H29N3O2S. The van der Waals surface area contributed by atoms with Crippen molar-refractivity contribution in [1.82, 2.24) is 5.32 Å². The van der Waals surface area contributed by atoms with Gasteiger partial charge in [0.05, 0.1) is 5.25 Å². The van der Waals surface area contributed by atoms with E-state index in [1.54, 1.807) is 11.8 Å². The van der Waals surface area contributed by atoms with Crippen molar-refractivity contribution < 1.29 is 9.59 Å². The van der Waals surface area contributed by atoms with Gasteiger partial charge in [0.25, 0.3) is 0 Å².